The average Bonchev–Trinajstić information content (AvgIpc) is 2.97. The summed E-state index contributed by atoms with van der Waals surface area (Å²) in [6.07, 6.45) is 12.7. The first-order valence-electron chi connectivity index (χ1n) is 9.59. The SMILES string of the molecule is C=Cc1cc(Br)sc1NC(=O)N(C1CCCCC1)C1CCC(C)CC1. The van der Waals surface area contributed by atoms with Crippen LogP contribution in [0.25, 0.3) is 6.08 Å². The Bertz CT molecular complexity index is 601. The predicted octanol–water partition coefficient (Wildman–Crippen LogP) is 6.90. The van der Waals surface area contributed by atoms with E-state index in [9.17, 15) is 4.79 Å². The maximum atomic E-state index is 13.2. The summed E-state index contributed by atoms with van der Waals surface area (Å²) in [4.78, 5) is 15.5. The van der Waals surface area contributed by atoms with E-state index in [1.807, 2.05) is 12.1 Å². The Morgan fingerprint density at radius 1 is 1.20 bits per heavy atom. The molecule has 0 spiro atoms. The topological polar surface area (TPSA) is 32.3 Å². The molecule has 0 radical (unpaired) electrons. The third-order valence-corrected chi connectivity index (χ3v) is 7.32. The minimum atomic E-state index is 0.0869. The Morgan fingerprint density at radius 2 is 1.84 bits per heavy atom. The molecule has 0 aliphatic heterocycles. The van der Waals surface area contributed by atoms with E-state index in [4.69, 9.17) is 0 Å². The molecule has 0 unspecified atom stereocenters. The van der Waals surface area contributed by atoms with Crippen molar-refractivity contribution in [1.29, 1.82) is 0 Å². The molecule has 3 nitrogen and oxygen atoms in total. The number of rotatable bonds is 4. The molecule has 25 heavy (non-hydrogen) atoms. The largest absolute Gasteiger partial charge is 0.322 e. The van der Waals surface area contributed by atoms with Crippen LogP contribution >= 0.6 is 27.3 Å². The minimum Gasteiger partial charge on any atom is -0.319 e. The van der Waals surface area contributed by atoms with Crippen molar-refractivity contribution in [3.8, 4) is 0 Å². The van der Waals surface area contributed by atoms with Crippen molar-refractivity contribution in [2.24, 2.45) is 5.92 Å². The molecular weight excluding hydrogens is 396 g/mol. The fourth-order valence-electron chi connectivity index (χ4n) is 4.29. The van der Waals surface area contributed by atoms with Gasteiger partial charge in [0.15, 0.2) is 0 Å². The summed E-state index contributed by atoms with van der Waals surface area (Å²) in [5.74, 6) is 0.799. The summed E-state index contributed by atoms with van der Waals surface area (Å²) in [7, 11) is 0. The number of amides is 2. The Morgan fingerprint density at radius 3 is 2.48 bits per heavy atom. The second-order valence-corrected chi connectivity index (χ2v) is 10.0. The lowest BCUT2D eigenvalue weighted by molar-refractivity contribution is 0.105. The molecule has 0 aromatic carbocycles. The van der Waals surface area contributed by atoms with Crippen molar-refractivity contribution >= 4 is 44.4 Å². The van der Waals surface area contributed by atoms with Crippen molar-refractivity contribution in [3.63, 3.8) is 0 Å². The maximum absolute atomic E-state index is 13.2. The highest BCUT2D eigenvalue weighted by Crippen LogP contribution is 2.35. The van der Waals surface area contributed by atoms with Crippen molar-refractivity contribution in [3.05, 3.63) is 22.0 Å². The van der Waals surface area contributed by atoms with Crippen molar-refractivity contribution in [2.75, 3.05) is 5.32 Å². The Hall–Kier alpha value is -0.810. The Kier molecular flexibility index (Phi) is 6.61. The van der Waals surface area contributed by atoms with Gasteiger partial charge >= 0.3 is 6.03 Å². The predicted molar refractivity (Wildman–Crippen MR) is 111 cm³/mol. The fraction of sp³-hybridized carbons (Fsp3) is 0.650. The summed E-state index contributed by atoms with van der Waals surface area (Å²) >= 11 is 5.08. The van der Waals surface area contributed by atoms with E-state index >= 15 is 0 Å². The molecule has 0 bridgehead atoms. The minimum absolute atomic E-state index is 0.0869. The highest BCUT2D eigenvalue weighted by molar-refractivity contribution is 9.11. The van der Waals surface area contributed by atoms with E-state index in [0.717, 1.165) is 46.0 Å². The van der Waals surface area contributed by atoms with Crippen LogP contribution in [0, 0.1) is 5.92 Å². The summed E-state index contributed by atoms with van der Waals surface area (Å²) in [5.41, 5.74) is 0.992. The van der Waals surface area contributed by atoms with Crippen molar-refractivity contribution in [1.82, 2.24) is 4.90 Å². The molecule has 2 amide bonds. The molecule has 0 saturated heterocycles. The van der Waals surface area contributed by atoms with E-state index < -0.39 is 0 Å². The monoisotopic (exact) mass is 424 g/mol. The normalized spacial score (nSPS) is 24.7. The molecule has 3 rings (SSSR count). The van der Waals surface area contributed by atoms with Crippen LogP contribution in [0.5, 0.6) is 0 Å². The van der Waals surface area contributed by atoms with Gasteiger partial charge in [0.2, 0.25) is 0 Å². The lowest BCUT2D eigenvalue weighted by atomic mass is 9.84. The number of carbonyl (C=O) groups is 1. The molecule has 5 heteroatoms. The number of urea groups is 1. The molecule has 1 heterocycles. The van der Waals surface area contributed by atoms with Gasteiger partial charge in [-0.1, -0.05) is 38.8 Å². The maximum Gasteiger partial charge on any atom is 0.322 e. The van der Waals surface area contributed by atoms with Gasteiger partial charge in [-0.3, -0.25) is 5.32 Å². The smallest absolute Gasteiger partial charge is 0.319 e. The highest BCUT2D eigenvalue weighted by atomic mass is 79.9. The van der Waals surface area contributed by atoms with Crippen LogP contribution in [0.2, 0.25) is 0 Å². The van der Waals surface area contributed by atoms with Gasteiger partial charge in [-0.05, 0) is 66.4 Å². The molecule has 2 aliphatic rings. The van der Waals surface area contributed by atoms with Crippen LogP contribution in [-0.4, -0.2) is 23.0 Å². The Balaban J connectivity index is 1.77. The zero-order chi connectivity index (χ0) is 17.8. The average molecular weight is 425 g/mol. The van der Waals surface area contributed by atoms with Crippen molar-refractivity contribution < 1.29 is 4.79 Å². The standard InChI is InChI=1S/C20H29BrN2OS/c1-3-15-13-18(21)25-19(15)22-20(24)23(16-7-5-4-6-8-16)17-11-9-14(2)10-12-17/h3,13-14,16-17H,1,4-12H2,2H3,(H,22,24). The van der Waals surface area contributed by atoms with Gasteiger partial charge in [-0.2, -0.15) is 0 Å². The zero-order valence-corrected chi connectivity index (χ0v) is 17.5. The zero-order valence-electron chi connectivity index (χ0n) is 15.1. The third-order valence-electron chi connectivity index (χ3n) is 5.75. The molecular formula is C20H29BrN2OS. The number of halogens is 1. The molecule has 1 N–H and O–H groups in total. The Labute approximate surface area is 164 Å². The summed E-state index contributed by atoms with van der Waals surface area (Å²) in [6, 6.07) is 2.90. The van der Waals surface area contributed by atoms with Gasteiger partial charge in [0.05, 0.1) is 3.79 Å². The van der Waals surface area contributed by atoms with Gasteiger partial charge in [0, 0.05) is 17.6 Å². The molecule has 2 fully saturated rings. The van der Waals surface area contributed by atoms with Gasteiger partial charge in [-0.15, -0.1) is 11.3 Å². The number of hydrogen-bond acceptors (Lipinski definition) is 2. The van der Waals surface area contributed by atoms with Crippen molar-refractivity contribution in [2.45, 2.75) is 76.8 Å². The van der Waals surface area contributed by atoms with Gasteiger partial charge in [0.25, 0.3) is 0 Å². The first-order chi connectivity index (χ1) is 12.1. The summed E-state index contributed by atoms with van der Waals surface area (Å²) in [5, 5.41) is 4.09. The number of carbonyl (C=O) groups excluding carboxylic acids is 1. The molecule has 0 atom stereocenters. The number of hydrogen-bond donors (Lipinski definition) is 1. The number of nitrogens with zero attached hydrogens (tertiary/aromatic N) is 1. The summed E-state index contributed by atoms with van der Waals surface area (Å²) < 4.78 is 1.02. The number of thiophene rings is 1. The second kappa shape index (κ2) is 8.72. The van der Waals surface area contributed by atoms with Crippen LogP contribution in [0.1, 0.15) is 70.3 Å². The van der Waals surface area contributed by atoms with Gasteiger partial charge in [0.1, 0.15) is 5.00 Å². The molecule has 2 saturated carbocycles. The van der Waals surface area contributed by atoms with E-state index in [2.05, 4.69) is 39.6 Å². The van der Waals surface area contributed by atoms with Gasteiger partial charge in [-0.25, -0.2) is 4.79 Å². The van der Waals surface area contributed by atoms with E-state index in [1.165, 1.54) is 32.1 Å². The third kappa shape index (κ3) is 4.68. The molecule has 1 aromatic heterocycles. The lowest BCUT2D eigenvalue weighted by Crippen LogP contribution is -2.50. The number of nitrogens with one attached hydrogen (secondary N) is 1. The first-order valence-corrected chi connectivity index (χ1v) is 11.2. The first kappa shape index (κ1) is 19.0. The number of anilines is 1. The second-order valence-electron chi connectivity index (χ2n) is 7.58. The quantitative estimate of drug-likeness (QED) is 0.559. The molecule has 2 aliphatic carbocycles. The van der Waals surface area contributed by atoms with E-state index in [0.29, 0.717) is 12.1 Å². The molecule has 138 valence electrons. The van der Waals surface area contributed by atoms with Crippen LogP contribution in [0.4, 0.5) is 9.80 Å². The van der Waals surface area contributed by atoms with E-state index in [-0.39, 0.29) is 6.03 Å². The van der Waals surface area contributed by atoms with E-state index in [1.54, 1.807) is 11.3 Å². The summed E-state index contributed by atoms with van der Waals surface area (Å²) in [6.45, 7) is 6.20. The van der Waals surface area contributed by atoms with Crippen LogP contribution in [0.15, 0.2) is 16.4 Å². The van der Waals surface area contributed by atoms with Crippen LogP contribution in [-0.2, 0) is 0 Å². The highest BCUT2D eigenvalue weighted by Gasteiger charge is 2.34. The molecule has 1 aromatic rings. The van der Waals surface area contributed by atoms with Gasteiger partial charge < -0.3 is 4.90 Å². The van der Waals surface area contributed by atoms with Crippen LogP contribution < -0.4 is 5.32 Å². The fourth-order valence-corrected chi connectivity index (χ4v) is 5.81. The lowest BCUT2D eigenvalue weighted by Gasteiger charge is -2.42. The van der Waals surface area contributed by atoms with Crippen LogP contribution in [0.3, 0.4) is 0 Å².